The molecule has 0 aliphatic heterocycles. The number of hydrogen-bond acceptors (Lipinski definition) is 1. The van der Waals surface area contributed by atoms with Crippen LogP contribution in [0.25, 0.3) is 0 Å². The summed E-state index contributed by atoms with van der Waals surface area (Å²) in [5.41, 5.74) is 0.184. The Bertz CT molecular complexity index is 399. The third kappa shape index (κ3) is 5.95. The molecule has 0 heterocycles. The van der Waals surface area contributed by atoms with Crippen molar-refractivity contribution in [3.63, 3.8) is 0 Å². The van der Waals surface area contributed by atoms with Gasteiger partial charge in [0.25, 0.3) is 0 Å². The monoisotopic (exact) mass is 287 g/mol. The van der Waals surface area contributed by atoms with Gasteiger partial charge in [0.15, 0.2) is 0 Å². The molecule has 1 atom stereocenters. The van der Waals surface area contributed by atoms with E-state index in [0.29, 0.717) is 12.3 Å². The summed E-state index contributed by atoms with van der Waals surface area (Å²) < 4.78 is 38.1. The fourth-order valence-corrected chi connectivity index (χ4v) is 2.26. The molecule has 0 bridgehead atoms. The van der Waals surface area contributed by atoms with Gasteiger partial charge in [0.2, 0.25) is 0 Å². The van der Waals surface area contributed by atoms with Gasteiger partial charge in [-0.15, -0.1) is 0 Å². The summed E-state index contributed by atoms with van der Waals surface area (Å²) in [6.07, 6.45) is -1.55. The molecule has 1 unspecified atom stereocenters. The predicted molar refractivity (Wildman–Crippen MR) is 76.7 cm³/mol. The zero-order valence-electron chi connectivity index (χ0n) is 12.4. The molecule has 1 N–H and O–H groups in total. The summed E-state index contributed by atoms with van der Waals surface area (Å²) >= 11 is 0. The van der Waals surface area contributed by atoms with Gasteiger partial charge in [-0.05, 0) is 43.4 Å². The standard InChI is InChI=1S/C16H24F3N/c1-4-20-15(9-8-12(2)3)11-13-6-5-7-14(10-13)16(17,18)19/h5-7,10,12,15,20H,4,8-9,11H2,1-3H3. The minimum absolute atomic E-state index is 0.242. The van der Waals surface area contributed by atoms with E-state index in [1.165, 1.54) is 12.1 Å². The first-order valence-electron chi connectivity index (χ1n) is 7.22. The molecule has 1 rings (SSSR count). The lowest BCUT2D eigenvalue weighted by atomic mass is 9.97. The Morgan fingerprint density at radius 1 is 1.15 bits per heavy atom. The average Bonchev–Trinajstić information content (AvgIpc) is 2.35. The highest BCUT2D eigenvalue weighted by molar-refractivity contribution is 5.26. The van der Waals surface area contributed by atoms with Gasteiger partial charge in [0.1, 0.15) is 0 Å². The minimum atomic E-state index is -4.26. The Hall–Kier alpha value is -1.03. The van der Waals surface area contributed by atoms with Gasteiger partial charge < -0.3 is 5.32 Å². The van der Waals surface area contributed by atoms with Gasteiger partial charge in [0, 0.05) is 6.04 Å². The third-order valence-electron chi connectivity index (χ3n) is 3.32. The van der Waals surface area contributed by atoms with E-state index in [1.807, 2.05) is 6.92 Å². The van der Waals surface area contributed by atoms with E-state index in [2.05, 4.69) is 19.2 Å². The summed E-state index contributed by atoms with van der Waals surface area (Å²) in [4.78, 5) is 0. The molecule has 0 spiro atoms. The van der Waals surface area contributed by atoms with Crippen LogP contribution in [0, 0.1) is 5.92 Å². The first-order chi connectivity index (χ1) is 9.32. The summed E-state index contributed by atoms with van der Waals surface area (Å²) in [6.45, 7) is 7.18. The second kappa shape index (κ2) is 7.67. The molecule has 0 aliphatic carbocycles. The van der Waals surface area contributed by atoms with E-state index < -0.39 is 11.7 Å². The number of halogens is 3. The van der Waals surface area contributed by atoms with Crippen LogP contribution in [-0.2, 0) is 12.6 Å². The third-order valence-corrected chi connectivity index (χ3v) is 3.32. The van der Waals surface area contributed by atoms with Crippen LogP contribution in [0.15, 0.2) is 24.3 Å². The molecule has 1 nitrogen and oxygen atoms in total. The van der Waals surface area contributed by atoms with Crippen molar-refractivity contribution in [2.75, 3.05) is 6.54 Å². The van der Waals surface area contributed by atoms with Crippen LogP contribution in [0.3, 0.4) is 0 Å². The Morgan fingerprint density at radius 3 is 2.40 bits per heavy atom. The largest absolute Gasteiger partial charge is 0.416 e. The van der Waals surface area contributed by atoms with Gasteiger partial charge in [-0.1, -0.05) is 39.0 Å². The lowest BCUT2D eigenvalue weighted by Crippen LogP contribution is -2.31. The lowest BCUT2D eigenvalue weighted by molar-refractivity contribution is -0.137. The van der Waals surface area contributed by atoms with E-state index in [4.69, 9.17) is 0 Å². The van der Waals surface area contributed by atoms with Crippen molar-refractivity contribution in [1.29, 1.82) is 0 Å². The van der Waals surface area contributed by atoms with Crippen LogP contribution in [0.5, 0.6) is 0 Å². The van der Waals surface area contributed by atoms with Crippen molar-refractivity contribution >= 4 is 0 Å². The number of likely N-dealkylation sites (N-methyl/N-ethyl adjacent to an activating group) is 1. The van der Waals surface area contributed by atoms with E-state index in [0.717, 1.165) is 31.0 Å². The van der Waals surface area contributed by atoms with Crippen LogP contribution in [0.2, 0.25) is 0 Å². The SMILES string of the molecule is CCNC(CCC(C)C)Cc1cccc(C(F)(F)F)c1. The van der Waals surface area contributed by atoms with Crippen LogP contribution >= 0.6 is 0 Å². The highest BCUT2D eigenvalue weighted by Gasteiger charge is 2.30. The molecule has 114 valence electrons. The number of rotatable bonds is 7. The van der Waals surface area contributed by atoms with Crippen LogP contribution in [0.4, 0.5) is 13.2 Å². The molecule has 20 heavy (non-hydrogen) atoms. The van der Waals surface area contributed by atoms with Gasteiger partial charge in [-0.2, -0.15) is 13.2 Å². The summed E-state index contributed by atoms with van der Waals surface area (Å²) in [5.74, 6) is 0.609. The van der Waals surface area contributed by atoms with Crippen molar-refractivity contribution in [3.8, 4) is 0 Å². The fourth-order valence-electron chi connectivity index (χ4n) is 2.26. The second-order valence-electron chi connectivity index (χ2n) is 5.63. The molecule has 4 heteroatoms. The lowest BCUT2D eigenvalue weighted by Gasteiger charge is -2.19. The van der Waals surface area contributed by atoms with Gasteiger partial charge >= 0.3 is 6.18 Å². The average molecular weight is 287 g/mol. The Balaban J connectivity index is 2.72. The highest BCUT2D eigenvalue weighted by atomic mass is 19.4. The maximum atomic E-state index is 12.7. The van der Waals surface area contributed by atoms with Gasteiger partial charge in [-0.3, -0.25) is 0 Å². The molecule has 1 aromatic carbocycles. The maximum Gasteiger partial charge on any atom is 0.416 e. The number of benzene rings is 1. The summed E-state index contributed by atoms with van der Waals surface area (Å²) in [6, 6.07) is 5.89. The number of alkyl halides is 3. The summed E-state index contributed by atoms with van der Waals surface area (Å²) in [5, 5.41) is 3.36. The van der Waals surface area contributed by atoms with E-state index >= 15 is 0 Å². The van der Waals surface area contributed by atoms with Crippen molar-refractivity contribution in [1.82, 2.24) is 5.32 Å². The van der Waals surface area contributed by atoms with Crippen molar-refractivity contribution in [2.45, 2.75) is 52.3 Å². The predicted octanol–water partition coefficient (Wildman–Crippen LogP) is 4.66. The van der Waals surface area contributed by atoms with Gasteiger partial charge in [0.05, 0.1) is 5.56 Å². The molecular weight excluding hydrogens is 263 g/mol. The minimum Gasteiger partial charge on any atom is -0.314 e. The Morgan fingerprint density at radius 2 is 1.85 bits per heavy atom. The molecule has 0 fully saturated rings. The molecule has 0 amide bonds. The van der Waals surface area contributed by atoms with Crippen molar-refractivity contribution < 1.29 is 13.2 Å². The molecule has 0 aliphatic rings. The fraction of sp³-hybridized carbons (Fsp3) is 0.625. The number of nitrogens with one attached hydrogen (secondary N) is 1. The van der Waals surface area contributed by atoms with Crippen LogP contribution in [-0.4, -0.2) is 12.6 Å². The maximum absolute atomic E-state index is 12.7. The molecular formula is C16H24F3N. The molecule has 0 saturated heterocycles. The molecule has 0 aromatic heterocycles. The van der Waals surface area contributed by atoms with E-state index in [9.17, 15) is 13.2 Å². The normalized spacial score (nSPS) is 13.8. The second-order valence-corrected chi connectivity index (χ2v) is 5.63. The smallest absolute Gasteiger partial charge is 0.314 e. The highest BCUT2D eigenvalue weighted by Crippen LogP contribution is 2.29. The molecule has 1 aromatic rings. The van der Waals surface area contributed by atoms with Gasteiger partial charge in [-0.25, -0.2) is 0 Å². The van der Waals surface area contributed by atoms with E-state index in [1.54, 1.807) is 6.07 Å². The zero-order chi connectivity index (χ0) is 15.2. The van der Waals surface area contributed by atoms with Crippen molar-refractivity contribution in [2.24, 2.45) is 5.92 Å². The quantitative estimate of drug-likeness (QED) is 0.769. The number of hydrogen-bond donors (Lipinski definition) is 1. The Labute approximate surface area is 119 Å². The van der Waals surface area contributed by atoms with E-state index in [-0.39, 0.29) is 6.04 Å². The van der Waals surface area contributed by atoms with Crippen LogP contribution < -0.4 is 5.32 Å². The molecule has 0 radical (unpaired) electrons. The summed E-state index contributed by atoms with van der Waals surface area (Å²) in [7, 11) is 0. The topological polar surface area (TPSA) is 12.0 Å². The Kier molecular flexibility index (Phi) is 6.53. The molecule has 0 saturated carbocycles. The first-order valence-corrected chi connectivity index (χ1v) is 7.22. The first kappa shape index (κ1) is 17.0. The van der Waals surface area contributed by atoms with Crippen molar-refractivity contribution in [3.05, 3.63) is 35.4 Å². The van der Waals surface area contributed by atoms with Crippen LogP contribution in [0.1, 0.15) is 44.7 Å². The zero-order valence-corrected chi connectivity index (χ0v) is 12.4.